The van der Waals surface area contributed by atoms with Gasteiger partial charge in [0.25, 0.3) is 5.88 Å². The van der Waals surface area contributed by atoms with Crippen LogP contribution in [0.15, 0.2) is 6.07 Å². The first-order valence-electron chi connectivity index (χ1n) is 10.8. The largest absolute Gasteiger partial charge is 0.491 e. The number of aliphatic hydroxyl groups is 1. The van der Waals surface area contributed by atoms with Crippen LogP contribution >= 0.6 is 0 Å². The number of rotatable bonds is 6. The Hall–Kier alpha value is -2.12. The topological polar surface area (TPSA) is 79.7 Å². The standard InChI is InChI=1S/C22H32N4O3/c1-28-19-14-18-21(25-22(19)29-2)20(16-6-4-3-5-7-17(16)24-18)23-15-8-10-26(11-9-15)12-13-27/h14-15,27H,3-13H2,1-2H3,(H,23,24). The number of piperidine rings is 1. The summed E-state index contributed by atoms with van der Waals surface area (Å²) in [4.78, 5) is 12.1. The normalized spacial score (nSPS) is 18.3. The predicted octanol–water partition coefficient (Wildman–Crippen LogP) is 2.78. The number of ether oxygens (including phenoxy) is 2. The van der Waals surface area contributed by atoms with E-state index in [0.717, 1.165) is 62.0 Å². The van der Waals surface area contributed by atoms with Gasteiger partial charge in [0, 0.05) is 37.4 Å². The molecule has 0 unspecified atom stereocenters. The van der Waals surface area contributed by atoms with Crippen molar-refractivity contribution < 1.29 is 14.6 Å². The van der Waals surface area contributed by atoms with E-state index in [9.17, 15) is 5.11 Å². The van der Waals surface area contributed by atoms with Gasteiger partial charge in [0.05, 0.1) is 32.0 Å². The summed E-state index contributed by atoms with van der Waals surface area (Å²) in [5.41, 5.74) is 5.40. The van der Waals surface area contributed by atoms with Crippen LogP contribution in [0.5, 0.6) is 11.6 Å². The van der Waals surface area contributed by atoms with Crippen molar-refractivity contribution in [3.63, 3.8) is 0 Å². The van der Waals surface area contributed by atoms with Crippen LogP contribution < -0.4 is 14.8 Å². The third-order valence-electron chi connectivity index (χ3n) is 6.18. The minimum atomic E-state index is 0.228. The summed E-state index contributed by atoms with van der Waals surface area (Å²) in [7, 11) is 3.26. The minimum absolute atomic E-state index is 0.228. The first-order valence-corrected chi connectivity index (χ1v) is 10.8. The summed E-state index contributed by atoms with van der Waals surface area (Å²) in [6.07, 6.45) is 7.80. The number of nitrogens with zero attached hydrogens (tertiary/aromatic N) is 3. The lowest BCUT2D eigenvalue weighted by atomic mass is 10.0. The molecule has 2 aromatic rings. The Morgan fingerprint density at radius 1 is 1.10 bits per heavy atom. The predicted molar refractivity (Wildman–Crippen MR) is 114 cm³/mol. The lowest BCUT2D eigenvalue weighted by Crippen LogP contribution is -2.40. The van der Waals surface area contributed by atoms with E-state index in [-0.39, 0.29) is 6.61 Å². The fraction of sp³-hybridized carbons (Fsp3) is 0.636. The number of aromatic nitrogens is 2. The van der Waals surface area contributed by atoms with Crippen molar-refractivity contribution in [2.75, 3.05) is 45.8 Å². The quantitative estimate of drug-likeness (QED) is 0.722. The highest BCUT2D eigenvalue weighted by atomic mass is 16.5. The number of nitrogens with one attached hydrogen (secondary N) is 1. The molecule has 0 amide bonds. The number of β-amino-alcohol motifs (C(OH)–C–C–N with tert-alkyl or cyclic N) is 1. The van der Waals surface area contributed by atoms with Crippen LogP contribution in [-0.4, -0.2) is 66.5 Å². The molecule has 7 nitrogen and oxygen atoms in total. The van der Waals surface area contributed by atoms with Crippen LogP contribution in [0.2, 0.25) is 0 Å². The SMILES string of the molecule is COc1cc2nc3c(c(NC4CCN(CCO)CC4)c2nc1OC)CCCCC3. The summed E-state index contributed by atoms with van der Waals surface area (Å²) < 4.78 is 10.9. The molecule has 0 atom stereocenters. The number of methoxy groups -OCH3 is 2. The smallest absolute Gasteiger partial charge is 0.257 e. The van der Waals surface area contributed by atoms with Crippen molar-refractivity contribution in [1.82, 2.24) is 14.9 Å². The Labute approximate surface area is 172 Å². The summed E-state index contributed by atoms with van der Waals surface area (Å²) in [5.74, 6) is 1.11. The third-order valence-corrected chi connectivity index (χ3v) is 6.18. The number of aryl methyl sites for hydroxylation is 1. The molecule has 1 saturated heterocycles. The van der Waals surface area contributed by atoms with Crippen LogP contribution in [0.3, 0.4) is 0 Å². The van der Waals surface area contributed by atoms with Crippen molar-refractivity contribution in [2.45, 2.75) is 51.0 Å². The highest BCUT2D eigenvalue weighted by molar-refractivity contribution is 5.91. The Balaban J connectivity index is 1.72. The monoisotopic (exact) mass is 400 g/mol. The summed E-state index contributed by atoms with van der Waals surface area (Å²) in [5, 5.41) is 13.0. The van der Waals surface area contributed by atoms with Gasteiger partial charge in [0.1, 0.15) is 5.52 Å². The number of fused-ring (bicyclic) bond motifs is 2. The van der Waals surface area contributed by atoms with Gasteiger partial charge in [-0.3, -0.25) is 4.98 Å². The molecule has 2 N–H and O–H groups in total. The maximum Gasteiger partial charge on any atom is 0.257 e. The van der Waals surface area contributed by atoms with Crippen molar-refractivity contribution >= 4 is 16.7 Å². The molecule has 0 saturated carbocycles. The second-order valence-electron chi connectivity index (χ2n) is 8.02. The third kappa shape index (κ3) is 4.26. The van der Waals surface area contributed by atoms with Gasteiger partial charge in [-0.05, 0) is 44.1 Å². The molecule has 1 aliphatic heterocycles. The number of hydrogen-bond donors (Lipinski definition) is 2. The minimum Gasteiger partial charge on any atom is -0.491 e. The van der Waals surface area contributed by atoms with Crippen LogP contribution in [0.1, 0.15) is 43.4 Å². The van der Waals surface area contributed by atoms with Crippen LogP contribution in [-0.2, 0) is 12.8 Å². The molecular formula is C22H32N4O3. The summed E-state index contributed by atoms with van der Waals surface area (Å²) >= 11 is 0. The van der Waals surface area contributed by atoms with Gasteiger partial charge in [-0.1, -0.05) is 6.42 Å². The number of likely N-dealkylation sites (tertiary alicyclic amines) is 1. The fourth-order valence-corrected chi connectivity index (χ4v) is 4.58. The molecular weight excluding hydrogens is 368 g/mol. The highest BCUT2D eigenvalue weighted by Crippen LogP contribution is 2.37. The van der Waals surface area contributed by atoms with E-state index in [2.05, 4.69) is 10.2 Å². The second kappa shape index (κ2) is 9.13. The molecule has 1 fully saturated rings. The van der Waals surface area contributed by atoms with E-state index in [1.54, 1.807) is 14.2 Å². The fourth-order valence-electron chi connectivity index (χ4n) is 4.58. The van der Waals surface area contributed by atoms with Crippen molar-refractivity contribution in [3.05, 3.63) is 17.3 Å². The molecule has 2 aliphatic rings. The van der Waals surface area contributed by atoms with Gasteiger partial charge in [-0.2, -0.15) is 0 Å². The van der Waals surface area contributed by atoms with Crippen LogP contribution in [0.4, 0.5) is 5.69 Å². The Kier molecular flexibility index (Phi) is 6.35. The molecule has 29 heavy (non-hydrogen) atoms. The van der Waals surface area contributed by atoms with Crippen molar-refractivity contribution in [1.29, 1.82) is 0 Å². The average molecular weight is 401 g/mol. The lowest BCUT2D eigenvalue weighted by Gasteiger charge is -2.33. The van der Waals surface area contributed by atoms with Gasteiger partial charge < -0.3 is 24.8 Å². The van der Waals surface area contributed by atoms with Gasteiger partial charge in [-0.25, -0.2) is 4.98 Å². The molecule has 0 radical (unpaired) electrons. The van der Waals surface area contributed by atoms with Crippen LogP contribution in [0.25, 0.3) is 11.0 Å². The molecule has 0 aromatic carbocycles. The first kappa shape index (κ1) is 20.2. The van der Waals surface area contributed by atoms with Crippen LogP contribution in [0, 0.1) is 0 Å². The Morgan fingerprint density at radius 2 is 1.90 bits per heavy atom. The van der Waals surface area contributed by atoms with Crippen molar-refractivity contribution in [3.8, 4) is 11.6 Å². The zero-order chi connectivity index (χ0) is 20.2. The van der Waals surface area contributed by atoms with E-state index < -0.39 is 0 Å². The number of hydrogen-bond acceptors (Lipinski definition) is 7. The van der Waals surface area contributed by atoms with E-state index in [4.69, 9.17) is 19.4 Å². The molecule has 1 aliphatic carbocycles. The molecule has 2 aromatic heterocycles. The summed E-state index contributed by atoms with van der Waals surface area (Å²) in [6.45, 7) is 3.01. The molecule has 3 heterocycles. The van der Waals surface area contributed by atoms with E-state index in [0.29, 0.717) is 17.7 Å². The summed E-state index contributed by atoms with van der Waals surface area (Å²) in [6, 6.07) is 2.35. The molecule has 0 bridgehead atoms. The Bertz CT molecular complexity index is 850. The average Bonchev–Trinajstić information content (AvgIpc) is 2.99. The van der Waals surface area contributed by atoms with E-state index in [1.807, 2.05) is 6.07 Å². The van der Waals surface area contributed by atoms with Gasteiger partial charge in [0.15, 0.2) is 5.75 Å². The maximum absolute atomic E-state index is 9.19. The van der Waals surface area contributed by atoms with Gasteiger partial charge >= 0.3 is 0 Å². The lowest BCUT2D eigenvalue weighted by molar-refractivity contribution is 0.168. The molecule has 7 heteroatoms. The van der Waals surface area contributed by atoms with Crippen molar-refractivity contribution in [2.24, 2.45) is 0 Å². The molecule has 4 rings (SSSR count). The number of aliphatic hydroxyl groups excluding tert-OH is 1. The second-order valence-corrected chi connectivity index (χ2v) is 8.02. The Morgan fingerprint density at radius 3 is 2.62 bits per heavy atom. The zero-order valence-corrected chi connectivity index (χ0v) is 17.5. The highest BCUT2D eigenvalue weighted by Gasteiger charge is 2.24. The van der Waals surface area contributed by atoms with Gasteiger partial charge in [0.2, 0.25) is 0 Å². The molecule has 158 valence electrons. The van der Waals surface area contributed by atoms with Gasteiger partial charge in [-0.15, -0.1) is 0 Å². The maximum atomic E-state index is 9.19. The van der Waals surface area contributed by atoms with E-state index >= 15 is 0 Å². The van der Waals surface area contributed by atoms with E-state index in [1.165, 1.54) is 30.5 Å². The number of anilines is 1. The number of pyridine rings is 2. The molecule has 0 spiro atoms. The first-order chi connectivity index (χ1) is 14.2. The zero-order valence-electron chi connectivity index (χ0n) is 17.5.